The summed E-state index contributed by atoms with van der Waals surface area (Å²) in [5.74, 6) is 0.0814. The van der Waals surface area contributed by atoms with E-state index in [4.69, 9.17) is 9.47 Å². The molecule has 0 atom stereocenters. The number of rotatable bonds is 4. The Bertz CT molecular complexity index is 766. The molecule has 3 heterocycles. The third-order valence-corrected chi connectivity index (χ3v) is 5.12. The smallest absolute Gasteiger partial charge is 0.256 e. The molecule has 7 heteroatoms. The van der Waals surface area contributed by atoms with Gasteiger partial charge in [0.05, 0.1) is 18.8 Å². The van der Waals surface area contributed by atoms with Gasteiger partial charge < -0.3 is 19.3 Å². The van der Waals surface area contributed by atoms with Crippen LogP contribution in [-0.4, -0.2) is 59.9 Å². The number of likely N-dealkylation sites (tertiary alicyclic amines) is 1. The number of aromatic nitrogens is 2. The molecule has 2 aromatic rings. The highest BCUT2D eigenvalue weighted by Crippen LogP contribution is 2.31. The average molecular weight is 368 g/mol. The molecule has 0 unspecified atom stereocenters. The van der Waals surface area contributed by atoms with Crippen molar-refractivity contribution >= 4 is 11.9 Å². The van der Waals surface area contributed by atoms with Crippen LogP contribution in [0.5, 0.6) is 0 Å². The van der Waals surface area contributed by atoms with Gasteiger partial charge in [-0.25, -0.2) is 9.97 Å². The number of nitrogens with zero attached hydrogens (tertiary/aromatic N) is 4. The largest absolute Gasteiger partial charge is 0.347 e. The third-order valence-electron chi connectivity index (χ3n) is 5.12. The molecule has 0 bridgehead atoms. The van der Waals surface area contributed by atoms with Gasteiger partial charge in [0.25, 0.3) is 5.91 Å². The maximum Gasteiger partial charge on any atom is 0.256 e. The van der Waals surface area contributed by atoms with Crippen molar-refractivity contribution < 1.29 is 14.3 Å². The van der Waals surface area contributed by atoms with Crippen LogP contribution in [0.25, 0.3) is 0 Å². The molecule has 2 fully saturated rings. The standard InChI is InChI=1S/C20H24N4O3/c1-23(15-16-5-3-2-4-6-16)19-21-13-17(14-22-19)18(25)24-9-7-20(8-10-24)26-11-12-27-20/h2-6,13-14H,7-12,15H2,1H3. The molecule has 1 spiro atoms. The van der Waals surface area contributed by atoms with Crippen molar-refractivity contribution in [3.63, 3.8) is 0 Å². The summed E-state index contributed by atoms with van der Waals surface area (Å²) in [7, 11) is 1.94. The lowest BCUT2D eigenvalue weighted by Crippen LogP contribution is -2.47. The molecule has 2 aliphatic rings. The number of carbonyl (C=O) groups excluding carboxylic acids is 1. The zero-order valence-electron chi connectivity index (χ0n) is 15.5. The van der Waals surface area contributed by atoms with Crippen LogP contribution in [0.2, 0.25) is 0 Å². The second kappa shape index (κ2) is 7.62. The van der Waals surface area contributed by atoms with Gasteiger partial charge in [-0.1, -0.05) is 30.3 Å². The summed E-state index contributed by atoms with van der Waals surface area (Å²) >= 11 is 0. The summed E-state index contributed by atoms with van der Waals surface area (Å²) in [5, 5.41) is 0. The summed E-state index contributed by atoms with van der Waals surface area (Å²) in [5.41, 5.74) is 1.69. The first kappa shape index (κ1) is 17.9. The van der Waals surface area contributed by atoms with Gasteiger partial charge in [0.15, 0.2) is 5.79 Å². The lowest BCUT2D eigenvalue weighted by molar-refractivity contribution is -0.181. The molecule has 0 N–H and O–H groups in total. The summed E-state index contributed by atoms with van der Waals surface area (Å²) < 4.78 is 11.4. The van der Waals surface area contributed by atoms with Crippen LogP contribution in [0.1, 0.15) is 28.8 Å². The molecule has 0 radical (unpaired) electrons. The molecule has 1 aromatic carbocycles. The SMILES string of the molecule is CN(Cc1ccccc1)c1ncc(C(=O)N2CCC3(CC2)OCCO3)cn1. The molecule has 142 valence electrons. The van der Waals surface area contributed by atoms with E-state index in [-0.39, 0.29) is 5.91 Å². The van der Waals surface area contributed by atoms with Gasteiger partial charge in [-0.15, -0.1) is 0 Å². The summed E-state index contributed by atoms with van der Waals surface area (Å²) in [6, 6.07) is 10.1. The Labute approximate surface area is 158 Å². The van der Waals surface area contributed by atoms with Crippen LogP contribution >= 0.6 is 0 Å². The molecule has 0 saturated carbocycles. The molecule has 2 saturated heterocycles. The third kappa shape index (κ3) is 3.94. The first-order valence-corrected chi connectivity index (χ1v) is 9.30. The summed E-state index contributed by atoms with van der Waals surface area (Å²) in [4.78, 5) is 25.3. The monoisotopic (exact) mass is 368 g/mol. The van der Waals surface area contributed by atoms with Gasteiger partial charge in [0, 0.05) is 51.9 Å². The van der Waals surface area contributed by atoms with Gasteiger partial charge in [-0.3, -0.25) is 4.79 Å². The molecule has 2 aliphatic heterocycles. The van der Waals surface area contributed by atoms with E-state index >= 15 is 0 Å². The Balaban J connectivity index is 1.36. The zero-order chi connectivity index (χ0) is 18.7. The Kier molecular flexibility index (Phi) is 5.05. The van der Waals surface area contributed by atoms with Gasteiger partial charge in [0.1, 0.15) is 0 Å². The van der Waals surface area contributed by atoms with Crippen LogP contribution in [0.15, 0.2) is 42.7 Å². The van der Waals surface area contributed by atoms with E-state index in [1.807, 2.05) is 35.0 Å². The van der Waals surface area contributed by atoms with Gasteiger partial charge in [-0.2, -0.15) is 0 Å². The van der Waals surface area contributed by atoms with E-state index < -0.39 is 5.79 Å². The number of ether oxygens (including phenoxy) is 2. The Morgan fingerprint density at radius 2 is 1.74 bits per heavy atom. The number of piperidine rings is 1. The fourth-order valence-electron chi connectivity index (χ4n) is 3.58. The fourth-order valence-corrected chi connectivity index (χ4v) is 3.58. The number of hydrogen-bond donors (Lipinski definition) is 0. The predicted octanol–water partition coefficient (Wildman–Crippen LogP) is 2.09. The highest BCUT2D eigenvalue weighted by molar-refractivity contribution is 5.93. The molecule has 1 aromatic heterocycles. The van der Waals surface area contributed by atoms with E-state index in [2.05, 4.69) is 22.1 Å². The molecule has 1 amide bonds. The second-order valence-corrected chi connectivity index (χ2v) is 7.01. The number of hydrogen-bond acceptors (Lipinski definition) is 6. The predicted molar refractivity (Wildman–Crippen MR) is 100 cm³/mol. The molecule has 7 nitrogen and oxygen atoms in total. The van der Waals surface area contributed by atoms with Crippen LogP contribution in [-0.2, 0) is 16.0 Å². The molecule has 27 heavy (non-hydrogen) atoms. The number of carbonyl (C=O) groups is 1. The Morgan fingerprint density at radius 3 is 2.37 bits per heavy atom. The van der Waals surface area contributed by atoms with Crippen molar-refractivity contribution in [3.05, 3.63) is 53.9 Å². The molecule has 0 aliphatic carbocycles. The lowest BCUT2D eigenvalue weighted by atomic mass is 10.0. The topological polar surface area (TPSA) is 67.8 Å². The van der Waals surface area contributed by atoms with Crippen molar-refractivity contribution in [2.75, 3.05) is 38.3 Å². The van der Waals surface area contributed by atoms with Crippen molar-refractivity contribution in [1.29, 1.82) is 0 Å². The molecular weight excluding hydrogens is 344 g/mol. The van der Waals surface area contributed by atoms with Crippen LogP contribution in [0, 0.1) is 0 Å². The second-order valence-electron chi connectivity index (χ2n) is 7.01. The lowest BCUT2D eigenvalue weighted by Gasteiger charge is -2.37. The minimum Gasteiger partial charge on any atom is -0.347 e. The van der Waals surface area contributed by atoms with Crippen LogP contribution in [0.3, 0.4) is 0 Å². The first-order chi connectivity index (χ1) is 13.2. The molecular formula is C20H24N4O3. The van der Waals surface area contributed by atoms with Crippen molar-refractivity contribution in [2.45, 2.75) is 25.2 Å². The van der Waals surface area contributed by atoms with E-state index in [0.29, 0.717) is 57.2 Å². The summed E-state index contributed by atoms with van der Waals surface area (Å²) in [6.07, 6.45) is 4.63. The fraction of sp³-hybridized carbons (Fsp3) is 0.450. The zero-order valence-corrected chi connectivity index (χ0v) is 15.5. The van der Waals surface area contributed by atoms with Gasteiger partial charge in [0.2, 0.25) is 5.95 Å². The quantitative estimate of drug-likeness (QED) is 0.823. The maximum atomic E-state index is 12.7. The highest BCUT2D eigenvalue weighted by Gasteiger charge is 2.40. The van der Waals surface area contributed by atoms with Crippen molar-refractivity contribution in [2.24, 2.45) is 0 Å². The number of anilines is 1. The minimum atomic E-state index is -0.475. The molecule has 4 rings (SSSR count). The van der Waals surface area contributed by atoms with E-state index in [9.17, 15) is 4.79 Å². The minimum absolute atomic E-state index is 0.0416. The van der Waals surface area contributed by atoms with E-state index in [1.165, 1.54) is 5.56 Å². The normalized spacial score (nSPS) is 18.6. The average Bonchev–Trinajstić information content (AvgIpc) is 3.17. The van der Waals surface area contributed by atoms with Crippen molar-refractivity contribution in [3.8, 4) is 0 Å². The summed E-state index contributed by atoms with van der Waals surface area (Å²) in [6.45, 7) is 3.23. The Morgan fingerprint density at radius 1 is 1.11 bits per heavy atom. The first-order valence-electron chi connectivity index (χ1n) is 9.30. The van der Waals surface area contributed by atoms with E-state index in [0.717, 1.165) is 0 Å². The van der Waals surface area contributed by atoms with Crippen LogP contribution < -0.4 is 4.90 Å². The number of amides is 1. The van der Waals surface area contributed by atoms with Crippen LogP contribution in [0.4, 0.5) is 5.95 Å². The van der Waals surface area contributed by atoms with Gasteiger partial charge in [-0.05, 0) is 5.56 Å². The number of benzene rings is 1. The highest BCUT2D eigenvalue weighted by atomic mass is 16.7. The van der Waals surface area contributed by atoms with E-state index in [1.54, 1.807) is 12.4 Å². The maximum absolute atomic E-state index is 12.7. The Hall–Kier alpha value is -2.51. The van der Waals surface area contributed by atoms with Crippen molar-refractivity contribution in [1.82, 2.24) is 14.9 Å². The van der Waals surface area contributed by atoms with Gasteiger partial charge >= 0.3 is 0 Å².